The summed E-state index contributed by atoms with van der Waals surface area (Å²) in [6, 6.07) is 11.4. The van der Waals surface area contributed by atoms with Gasteiger partial charge >= 0.3 is 0 Å². The Morgan fingerprint density at radius 2 is 1.83 bits per heavy atom. The normalized spacial score (nSPS) is 13.3. The first-order chi connectivity index (χ1) is 17.7. The van der Waals surface area contributed by atoms with Crippen molar-refractivity contribution in [2.24, 2.45) is 5.92 Å². The minimum Gasteiger partial charge on any atom is -0.335 e. The average molecular weight is 474 g/mol. The third kappa shape index (κ3) is 3.56. The molecule has 6 aromatic heterocycles. The van der Waals surface area contributed by atoms with E-state index in [2.05, 4.69) is 35.5 Å². The number of aromatic nitrogens is 8. The number of amides is 1. The van der Waals surface area contributed by atoms with E-state index in [1.165, 1.54) is 0 Å². The predicted molar refractivity (Wildman–Crippen MR) is 135 cm³/mol. The van der Waals surface area contributed by atoms with Crippen molar-refractivity contribution < 1.29 is 4.79 Å². The van der Waals surface area contributed by atoms with Gasteiger partial charge in [-0.05, 0) is 43.2 Å². The van der Waals surface area contributed by atoms with E-state index in [4.69, 9.17) is 9.97 Å². The van der Waals surface area contributed by atoms with Crippen LogP contribution in [0.3, 0.4) is 0 Å². The smallest absolute Gasteiger partial charge is 0.227 e. The summed E-state index contributed by atoms with van der Waals surface area (Å²) in [6.45, 7) is 0. The molecule has 1 fully saturated rings. The number of hydrogen-bond acceptors (Lipinski definition) is 7. The zero-order valence-electron chi connectivity index (χ0n) is 18.9. The Balaban J connectivity index is 1.28. The summed E-state index contributed by atoms with van der Waals surface area (Å²) >= 11 is 0. The van der Waals surface area contributed by atoms with Crippen LogP contribution in [-0.4, -0.2) is 46.0 Å². The topological polar surface area (TPSA) is 138 Å². The van der Waals surface area contributed by atoms with Gasteiger partial charge in [0.1, 0.15) is 11.0 Å². The van der Waals surface area contributed by atoms with Gasteiger partial charge in [-0.3, -0.25) is 24.8 Å². The molecule has 1 amide bonds. The number of imidazole rings is 1. The van der Waals surface area contributed by atoms with Crippen molar-refractivity contribution in [3.63, 3.8) is 0 Å². The van der Waals surface area contributed by atoms with E-state index in [-0.39, 0.29) is 11.8 Å². The number of nitrogens with one attached hydrogen (secondary N) is 3. The highest BCUT2D eigenvalue weighted by atomic mass is 16.2. The zero-order chi connectivity index (χ0) is 24.1. The Morgan fingerprint density at radius 3 is 2.69 bits per heavy atom. The Hall–Kier alpha value is -4.99. The molecule has 1 saturated carbocycles. The lowest BCUT2D eigenvalue weighted by molar-refractivity contribution is -0.117. The van der Waals surface area contributed by atoms with Gasteiger partial charge in [-0.1, -0.05) is 6.07 Å². The zero-order valence-corrected chi connectivity index (χ0v) is 18.9. The van der Waals surface area contributed by atoms with Crippen LogP contribution in [0.4, 0.5) is 5.69 Å². The Labute approximate surface area is 204 Å². The first-order valence-corrected chi connectivity index (χ1v) is 11.6. The van der Waals surface area contributed by atoms with Crippen LogP contribution in [0.2, 0.25) is 0 Å². The lowest BCUT2D eigenvalue weighted by Gasteiger charge is -2.06. The highest BCUT2D eigenvalue weighted by Gasteiger charge is 2.29. The SMILES string of the molecule is O=C(Nc1cncc(-c2ccc3[nH]nc(-c4nc5c(-c6ccccn6)cncc5[nH]4)c3n2)c1)C1CC1. The lowest BCUT2D eigenvalue weighted by atomic mass is 10.1. The highest BCUT2D eigenvalue weighted by Crippen LogP contribution is 2.32. The second-order valence-corrected chi connectivity index (χ2v) is 8.77. The number of rotatable bonds is 5. The molecule has 0 aliphatic heterocycles. The molecule has 1 aliphatic rings. The van der Waals surface area contributed by atoms with Crippen molar-refractivity contribution in [1.82, 2.24) is 40.1 Å². The van der Waals surface area contributed by atoms with Gasteiger partial charge in [0, 0.05) is 35.6 Å². The van der Waals surface area contributed by atoms with Crippen LogP contribution in [0.25, 0.3) is 56.1 Å². The first kappa shape index (κ1) is 20.4. The van der Waals surface area contributed by atoms with Crippen molar-refractivity contribution in [2.75, 3.05) is 5.32 Å². The van der Waals surface area contributed by atoms with E-state index in [0.717, 1.165) is 46.2 Å². The fourth-order valence-electron chi connectivity index (χ4n) is 4.22. The number of anilines is 1. The van der Waals surface area contributed by atoms with Gasteiger partial charge in [-0.25, -0.2) is 9.97 Å². The third-order valence-electron chi connectivity index (χ3n) is 6.22. The molecule has 36 heavy (non-hydrogen) atoms. The quantitative estimate of drug-likeness (QED) is 0.338. The molecule has 0 bridgehead atoms. The van der Waals surface area contributed by atoms with Crippen molar-refractivity contribution in [1.29, 1.82) is 0 Å². The van der Waals surface area contributed by atoms with Crippen LogP contribution in [0.15, 0.2) is 67.4 Å². The largest absolute Gasteiger partial charge is 0.335 e. The monoisotopic (exact) mass is 473 g/mol. The molecular weight excluding hydrogens is 454 g/mol. The van der Waals surface area contributed by atoms with Gasteiger partial charge in [-0.15, -0.1) is 0 Å². The maximum atomic E-state index is 12.2. The van der Waals surface area contributed by atoms with Gasteiger partial charge in [0.05, 0.1) is 40.5 Å². The van der Waals surface area contributed by atoms with Crippen molar-refractivity contribution >= 4 is 33.7 Å². The van der Waals surface area contributed by atoms with E-state index in [0.29, 0.717) is 28.4 Å². The summed E-state index contributed by atoms with van der Waals surface area (Å²) in [7, 11) is 0. The maximum Gasteiger partial charge on any atom is 0.227 e. The summed E-state index contributed by atoms with van der Waals surface area (Å²) in [4.78, 5) is 38.3. The minimum absolute atomic E-state index is 0.0407. The van der Waals surface area contributed by atoms with Gasteiger partial charge in [0.25, 0.3) is 0 Å². The molecule has 0 radical (unpaired) electrons. The van der Waals surface area contributed by atoms with Crippen LogP contribution in [0, 0.1) is 5.92 Å². The number of hydrogen-bond donors (Lipinski definition) is 3. The molecular formula is C26H19N9O. The van der Waals surface area contributed by atoms with Crippen LogP contribution < -0.4 is 5.32 Å². The third-order valence-corrected chi connectivity index (χ3v) is 6.22. The molecule has 0 atom stereocenters. The summed E-state index contributed by atoms with van der Waals surface area (Å²) in [6.07, 6.45) is 10.5. The molecule has 0 saturated heterocycles. The standard InChI is InChI=1S/C26H19N9O/c36-26(14-4-5-14)30-16-9-15(10-27-11-16)18-6-7-20-23(31-18)24(35-34-20)25-32-21-13-28-12-17(22(21)33-25)19-3-1-2-8-29-19/h1-3,6-14H,4-5H2,(H,30,36)(H,32,33)(H,34,35). The maximum absolute atomic E-state index is 12.2. The lowest BCUT2D eigenvalue weighted by Crippen LogP contribution is -2.13. The summed E-state index contributed by atoms with van der Waals surface area (Å²) in [5.41, 5.74) is 7.39. The number of nitrogens with zero attached hydrogens (tertiary/aromatic N) is 6. The van der Waals surface area contributed by atoms with Crippen LogP contribution >= 0.6 is 0 Å². The Morgan fingerprint density at radius 1 is 0.917 bits per heavy atom. The Bertz CT molecular complexity index is 1750. The average Bonchev–Trinajstić information content (AvgIpc) is 3.55. The Kier molecular flexibility index (Phi) is 4.56. The fourth-order valence-corrected chi connectivity index (χ4v) is 4.22. The second kappa shape index (κ2) is 8.05. The van der Waals surface area contributed by atoms with Gasteiger partial charge in [-0.2, -0.15) is 5.10 Å². The van der Waals surface area contributed by atoms with Crippen LogP contribution in [-0.2, 0) is 4.79 Å². The first-order valence-electron chi connectivity index (χ1n) is 11.6. The molecule has 174 valence electrons. The molecule has 0 unspecified atom stereocenters. The predicted octanol–water partition coefficient (Wildman–Crippen LogP) is 4.37. The molecule has 0 aromatic carbocycles. The van der Waals surface area contributed by atoms with Crippen LogP contribution in [0.5, 0.6) is 0 Å². The van der Waals surface area contributed by atoms with Crippen molar-refractivity contribution in [2.45, 2.75) is 12.8 Å². The minimum atomic E-state index is 0.0407. The molecule has 10 nitrogen and oxygen atoms in total. The number of carbonyl (C=O) groups is 1. The molecule has 0 spiro atoms. The number of aromatic amines is 2. The van der Waals surface area contributed by atoms with E-state index in [1.807, 2.05) is 36.4 Å². The number of fused-ring (bicyclic) bond motifs is 2. The summed E-state index contributed by atoms with van der Waals surface area (Å²) in [5, 5.41) is 10.5. The van der Waals surface area contributed by atoms with E-state index in [1.54, 1.807) is 31.0 Å². The fraction of sp³-hybridized carbons (Fsp3) is 0.115. The second-order valence-electron chi connectivity index (χ2n) is 8.77. The van der Waals surface area contributed by atoms with E-state index in [9.17, 15) is 4.79 Å². The summed E-state index contributed by atoms with van der Waals surface area (Å²) < 4.78 is 0. The summed E-state index contributed by atoms with van der Waals surface area (Å²) in [5.74, 6) is 0.738. The molecule has 6 heterocycles. The van der Waals surface area contributed by atoms with Crippen LogP contribution in [0.1, 0.15) is 12.8 Å². The van der Waals surface area contributed by atoms with E-state index < -0.39 is 0 Å². The molecule has 10 heteroatoms. The van der Waals surface area contributed by atoms with E-state index >= 15 is 0 Å². The van der Waals surface area contributed by atoms with Gasteiger partial charge < -0.3 is 10.3 Å². The van der Waals surface area contributed by atoms with Crippen molar-refractivity contribution in [3.8, 4) is 34.0 Å². The number of pyridine rings is 4. The van der Waals surface area contributed by atoms with Gasteiger partial charge in [0.2, 0.25) is 5.91 Å². The number of carbonyl (C=O) groups excluding carboxylic acids is 1. The molecule has 1 aliphatic carbocycles. The molecule has 6 aromatic rings. The molecule has 7 rings (SSSR count). The van der Waals surface area contributed by atoms with Gasteiger partial charge in [0.15, 0.2) is 11.5 Å². The molecule has 3 N–H and O–H groups in total. The number of H-pyrrole nitrogens is 2. The van der Waals surface area contributed by atoms with Crippen molar-refractivity contribution in [3.05, 3.63) is 67.4 Å². The highest BCUT2D eigenvalue weighted by molar-refractivity contribution is 5.96.